The summed E-state index contributed by atoms with van der Waals surface area (Å²) in [6, 6.07) is 0. The van der Waals surface area contributed by atoms with E-state index in [-0.39, 0.29) is 25.7 Å². The zero-order valence-electron chi connectivity index (χ0n) is 62.5. The molecule has 0 saturated heterocycles. The van der Waals surface area contributed by atoms with Gasteiger partial charge in [-0.2, -0.15) is 0 Å². The minimum atomic E-state index is -4.97. The van der Waals surface area contributed by atoms with Crippen molar-refractivity contribution >= 4 is 39.5 Å². The molecule has 0 bridgehead atoms. The monoisotopic (exact) mass is 1430 g/mol. The SMILES string of the molecule is CC/C=C\C/C=C\C/C=C\C/C=C\CCCCCCCCC(=O)OCC(COP(=O)(O)OCC(O)COP(=O)(O)OCC(COC(=O)CCCCCCC/C=C\CCCCCCCC)OC(=O)CCCCCCCCCCCCC)OC(=O)CCCCCCCCCCCCCCC. The predicted molar refractivity (Wildman–Crippen MR) is 400 cm³/mol. The Balaban J connectivity index is 5.28. The lowest BCUT2D eigenvalue weighted by atomic mass is 10.0. The Morgan fingerprint density at radius 1 is 0.296 bits per heavy atom. The van der Waals surface area contributed by atoms with Crippen molar-refractivity contribution in [1.29, 1.82) is 0 Å². The van der Waals surface area contributed by atoms with E-state index in [9.17, 15) is 43.2 Å². The number of aliphatic hydroxyl groups excluding tert-OH is 1. The van der Waals surface area contributed by atoms with E-state index >= 15 is 0 Å². The van der Waals surface area contributed by atoms with E-state index in [1.54, 1.807) is 0 Å². The number of carbonyl (C=O) groups is 4. The molecule has 0 aliphatic heterocycles. The number of hydrogen-bond acceptors (Lipinski definition) is 15. The highest BCUT2D eigenvalue weighted by molar-refractivity contribution is 7.47. The van der Waals surface area contributed by atoms with Gasteiger partial charge in [-0.05, 0) is 89.9 Å². The summed E-state index contributed by atoms with van der Waals surface area (Å²) in [5.74, 6) is -2.16. The molecule has 0 aromatic rings. The van der Waals surface area contributed by atoms with E-state index in [4.69, 9.17) is 37.0 Å². The van der Waals surface area contributed by atoms with Gasteiger partial charge in [-0.15, -0.1) is 0 Å². The minimum Gasteiger partial charge on any atom is -0.462 e. The summed E-state index contributed by atoms with van der Waals surface area (Å²) >= 11 is 0. The quantitative estimate of drug-likeness (QED) is 0.0169. The van der Waals surface area contributed by atoms with Crippen LogP contribution >= 0.6 is 15.6 Å². The normalized spacial score (nSPS) is 14.2. The molecule has 0 rings (SSSR count). The Hall–Kier alpha value is -3.24. The zero-order chi connectivity index (χ0) is 71.8. The van der Waals surface area contributed by atoms with Crippen molar-refractivity contribution in [3.63, 3.8) is 0 Å². The molecule has 0 saturated carbocycles. The molecule has 17 nitrogen and oxygen atoms in total. The topological polar surface area (TPSA) is 237 Å². The maximum atomic E-state index is 13.1. The summed E-state index contributed by atoms with van der Waals surface area (Å²) in [6.45, 7) is 4.79. The van der Waals surface area contributed by atoms with Crippen LogP contribution in [0, 0.1) is 0 Å². The smallest absolute Gasteiger partial charge is 0.462 e. The highest BCUT2D eigenvalue weighted by Gasteiger charge is 2.30. The fourth-order valence-corrected chi connectivity index (χ4v) is 12.6. The van der Waals surface area contributed by atoms with Gasteiger partial charge in [-0.3, -0.25) is 37.3 Å². The molecule has 0 spiro atoms. The van der Waals surface area contributed by atoms with Gasteiger partial charge in [0.1, 0.15) is 19.3 Å². The summed E-state index contributed by atoms with van der Waals surface area (Å²) in [7, 11) is -9.93. The summed E-state index contributed by atoms with van der Waals surface area (Å²) in [4.78, 5) is 72.9. The molecular formula is C79H144O17P2. The van der Waals surface area contributed by atoms with E-state index in [0.717, 1.165) is 154 Å². The van der Waals surface area contributed by atoms with Gasteiger partial charge in [-0.25, -0.2) is 9.13 Å². The third-order valence-corrected chi connectivity index (χ3v) is 18.9. The van der Waals surface area contributed by atoms with Crippen molar-refractivity contribution in [2.75, 3.05) is 39.6 Å². The second kappa shape index (κ2) is 72.1. The van der Waals surface area contributed by atoms with Gasteiger partial charge in [0.25, 0.3) is 0 Å². The number of unbranched alkanes of at least 4 members (excludes halogenated alkanes) is 39. The maximum Gasteiger partial charge on any atom is 0.472 e. The largest absolute Gasteiger partial charge is 0.472 e. The minimum absolute atomic E-state index is 0.0978. The molecule has 0 heterocycles. The molecule has 0 aliphatic rings. The van der Waals surface area contributed by atoms with Crippen LogP contribution in [-0.4, -0.2) is 96.7 Å². The molecule has 0 amide bonds. The van der Waals surface area contributed by atoms with Crippen LogP contribution in [0.3, 0.4) is 0 Å². The summed E-state index contributed by atoms with van der Waals surface area (Å²) in [6.07, 6.45) is 70.6. The molecule has 0 fully saturated rings. The van der Waals surface area contributed by atoms with E-state index in [2.05, 4.69) is 88.5 Å². The molecule has 0 aromatic heterocycles. The second-order valence-corrected chi connectivity index (χ2v) is 29.5. The number of phosphoric ester groups is 2. The molecule has 5 atom stereocenters. The number of rotatable bonds is 75. The second-order valence-electron chi connectivity index (χ2n) is 26.6. The third-order valence-electron chi connectivity index (χ3n) is 17.0. The van der Waals surface area contributed by atoms with Crippen LogP contribution in [0.25, 0.3) is 0 Å². The van der Waals surface area contributed by atoms with Crippen molar-refractivity contribution in [3.8, 4) is 0 Å². The molecule has 0 aromatic carbocycles. The Labute approximate surface area is 597 Å². The van der Waals surface area contributed by atoms with E-state index in [1.807, 2.05) is 0 Å². The van der Waals surface area contributed by atoms with Gasteiger partial charge in [-0.1, -0.05) is 307 Å². The van der Waals surface area contributed by atoms with Gasteiger partial charge in [0.2, 0.25) is 0 Å². The Morgan fingerprint density at radius 2 is 0.531 bits per heavy atom. The third kappa shape index (κ3) is 71.2. The van der Waals surface area contributed by atoms with Gasteiger partial charge in [0, 0.05) is 25.7 Å². The fraction of sp³-hybridized carbons (Fsp3) is 0.823. The van der Waals surface area contributed by atoms with E-state index in [0.29, 0.717) is 25.7 Å². The molecule has 98 heavy (non-hydrogen) atoms. The van der Waals surface area contributed by atoms with Crippen molar-refractivity contribution < 1.29 is 80.2 Å². The number of carbonyl (C=O) groups excluding carboxylic acids is 4. The van der Waals surface area contributed by atoms with Gasteiger partial charge in [0.05, 0.1) is 26.4 Å². The number of hydrogen-bond donors (Lipinski definition) is 3. The molecule has 5 unspecified atom stereocenters. The summed E-state index contributed by atoms with van der Waals surface area (Å²) in [5.41, 5.74) is 0. The van der Waals surface area contributed by atoms with Crippen molar-refractivity contribution in [1.82, 2.24) is 0 Å². The van der Waals surface area contributed by atoms with Crippen molar-refractivity contribution in [2.24, 2.45) is 0 Å². The average Bonchev–Trinajstić information content (AvgIpc) is 0.972. The van der Waals surface area contributed by atoms with Crippen molar-refractivity contribution in [3.05, 3.63) is 60.8 Å². The first-order chi connectivity index (χ1) is 47.7. The number of allylic oxidation sites excluding steroid dienone is 10. The number of esters is 4. The standard InChI is InChI=1S/C79H144O17P2/c1-5-9-13-17-21-25-29-32-34-35-36-37-39-42-45-48-52-56-60-64-77(82)90-70-75(96-79(84)66-62-58-54-50-46-40-31-27-23-19-15-11-7-3)72-94-98(87,88)92-68-73(80)67-91-97(85,86)93-71-74(95-78(83)65-61-57-53-49-43-28-24-20-16-12-8-4)69-89-76(81)63-59-55-51-47-44-41-38-33-30-26-22-18-14-10-6-2/h9,13,21,25,32-34,36-38,73-75,80H,5-8,10-12,14-20,22-24,26-31,35,39-72H2,1-4H3,(H,85,86)(H,87,88)/b13-9-,25-21-,34-32-,37-36-,38-33-. The summed E-state index contributed by atoms with van der Waals surface area (Å²) in [5, 5.41) is 10.6. The molecule has 19 heteroatoms. The van der Waals surface area contributed by atoms with E-state index in [1.165, 1.54) is 128 Å². The first kappa shape index (κ1) is 94.8. The highest BCUT2D eigenvalue weighted by atomic mass is 31.2. The molecule has 0 aliphatic carbocycles. The molecule has 3 N–H and O–H groups in total. The Morgan fingerprint density at radius 3 is 0.827 bits per heavy atom. The number of ether oxygens (including phenoxy) is 4. The van der Waals surface area contributed by atoms with Crippen molar-refractivity contribution in [2.45, 2.75) is 380 Å². The van der Waals surface area contributed by atoms with Crippen LogP contribution in [0.1, 0.15) is 362 Å². The maximum absolute atomic E-state index is 13.1. The molecule has 572 valence electrons. The lowest BCUT2D eigenvalue weighted by molar-refractivity contribution is -0.161. The van der Waals surface area contributed by atoms with Gasteiger partial charge in [0.15, 0.2) is 12.2 Å². The predicted octanol–water partition coefficient (Wildman–Crippen LogP) is 22.7. The van der Waals surface area contributed by atoms with Crippen LogP contribution in [0.15, 0.2) is 60.8 Å². The van der Waals surface area contributed by atoms with Crippen LogP contribution in [-0.2, 0) is 65.4 Å². The van der Waals surface area contributed by atoms with Crippen LogP contribution in [0.4, 0.5) is 0 Å². The van der Waals surface area contributed by atoms with Crippen LogP contribution < -0.4 is 0 Å². The highest BCUT2D eigenvalue weighted by Crippen LogP contribution is 2.45. The number of aliphatic hydroxyl groups is 1. The number of phosphoric acid groups is 2. The fourth-order valence-electron chi connectivity index (χ4n) is 11.0. The first-order valence-corrected chi connectivity index (χ1v) is 42.5. The average molecular weight is 1430 g/mol. The lowest BCUT2D eigenvalue weighted by Gasteiger charge is -2.21. The zero-order valence-corrected chi connectivity index (χ0v) is 64.3. The first-order valence-electron chi connectivity index (χ1n) is 39.5. The Kier molecular flexibility index (Phi) is 69.7. The molecular weight excluding hydrogens is 1280 g/mol. The van der Waals surface area contributed by atoms with Gasteiger partial charge < -0.3 is 33.8 Å². The van der Waals surface area contributed by atoms with Crippen LogP contribution in [0.2, 0.25) is 0 Å². The Bertz CT molecular complexity index is 2100. The van der Waals surface area contributed by atoms with E-state index < -0.39 is 97.5 Å². The lowest BCUT2D eigenvalue weighted by Crippen LogP contribution is -2.30. The molecule has 0 radical (unpaired) electrons. The van der Waals surface area contributed by atoms with Crippen LogP contribution in [0.5, 0.6) is 0 Å². The van der Waals surface area contributed by atoms with Gasteiger partial charge >= 0.3 is 39.5 Å². The summed E-state index contributed by atoms with van der Waals surface area (Å²) < 4.78 is 68.5.